The lowest BCUT2D eigenvalue weighted by Gasteiger charge is -2.66. The molecule has 0 radical (unpaired) electrons. The highest BCUT2D eigenvalue weighted by molar-refractivity contribution is 6.70. The Morgan fingerprint density at radius 3 is 1.48 bits per heavy atom. The largest absolute Gasteiger partial charge is 0.425 e. The van der Waals surface area contributed by atoms with Crippen molar-refractivity contribution in [1.29, 1.82) is 0 Å². The number of carbonyl (C=O) groups is 2. The molecule has 10 aliphatic carbocycles. The topological polar surface area (TPSA) is 116 Å². The predicted molar refractivity (Wildman–Crippen MR) is 325 cm³/mol. The quantitative estimate of drug-likeness (QED) is 0.125. The summed E-state index contributed by atoms with van der Waals surface area (Å²) < 4.78 is 20.7. The zero-order valence-corrected chi connectivity index (χ0v) is 55.5. The van der Waals surface area contributed by atoms with Gasteiger partial charge in [0, 0.05) is 24.7 Å². The lowest BCUT2D eigenvalue weighted by atomic mass is 9.41. The minimum absolute atomic E-state index is 0.0272. The fourth-order valence-corrected chi connectivity index (χ4v) is 24.3. The van der Waals surface area contributed by atoms with Gasteiger partial charge in [-0.05, 0) is 271 Å². The summed E-state index contributed by atoms with van der Waals surface area (Å²) in [6.07, 6.45) is 30.8. The second-order valence-corrected chi connectivity index (χ2v) is 42.1. The van der Waals surface area contributed by atoms with Gasteiger partial charge < -0.3 is 13.3 Å². The molecule has 22 atom stereocenters. The van der Waals surface area contributed by atoms with Crippen molar-refractivity contribution in [2.24, 2.45) is 122 Å². The lowest BCUT2D eigenvalue weighted by molar-refractivity contribution is -0.193. The normalized spacial score (nSPS) is 44.3. The van der Waals surface area contributed by atoms with Crippen LogP contribution in [0.2, 0.25) is 39.3 Å². The summed E-state index contributed by atoms with van der Waals surface area (Å²) in [7, 11) is -3.36. The Bertz CT molecular complexity index is 2270. The maximum atomic E-state index is 12.6. The third kappa shape index (κ3) is 11.9. The number of hydrogen-bond donors (Lipinski definition) is 2. The van der Waals surface area contributed by atoms with Crippen LogP contribution in [0.1, 0.15) is 235 Å². The molecule has 1 aromatic heterocycles. The van der Waals surface area contributed by atoms with E-state index in [1.807, 2.05) is 0 Å². The number of rotatable bonds is 16. The number of carbonyl (C=O) groups excluding carboxylic acids is 2. The molecule has 9 nitrogen and oxygen atoms in total. The third-order valence-electron chi connectivity index (χ3n) is 26.1. The van der Waals surface area contributed by atoms with Crippen LogP contribution in [0.15, 0.2) is 4.42 Å². The minimum Gasteiger partial charge on any atom is -0.425 e. The van der Waals surface area contributed by atoms with Gasteiger partial charge in [-0.1, -0.05) is 94.9 Å². The van der Waals surface area contributed by atoms with E-state index in [4.69, 9.17) is 13.3 Å². The first-order valence-electron chi connectivity index (χ1n) is 34.0. The molecular weight excluding hydrogens is 1010 g/mol. The van der Waals surface area contributed by atoms with Crippen LogP contribution in [0.3, 0.4) is 0 Å². The first kappa shape index (κ1) is 60.6. The smallest absolute Gasteiger partial charge is 0.241 e. The summed E-state index contributed by atoms with van der Waals surface area (Å²) in [5.74, 6) is 14.5. The molecule has 0 aliphatic heterocycles. The molecule has 0 saturated heterocycles. The molecule has 0 spiro atoms. The Labute approximate surface area is 484 Å². The van der Waals surface area contributed by atoms with Crippen LogP contribution in [-0.4, -0.2) is 50.9 Å². The maximum Gasteiger partial charge on any atom is 0.241 e. The summed E-state index contributed by atoms with van der Waals surface area (Å²) in [6, 6.07) is 0. The molecule has 10 aliphatic rings. The zero-order valence-electron chi connectivity index (χ0n) is 53.5. The Hall–Kier alpha value is -1.57. The number of aromatic nitrogens is 2. The van der Waals surface area contributed by atoms with Gasteiger partial charge in [-0.3, -0.25) is 20.4 Å². The molecular formula is C68H118N4O5Si2. The fourth-order valence-electron chi connectivity index (χ4n) is 22.0. The van der Waals surface area contributed by atoms with Gasteiger partial charge >= 0.3 is 0 Å². The molecule has 1 heterocycles. The first-order valence-corrected chi connectivity index (χ1v) is 40.8. The van der Waals surface area contributed by atoms with Crippen molar-refractivity contribution in [2.75, 3.05) is 0 Å². The van der Waals surface area contributed by atoms with Crippen LogP contribution < -0.4 is 10.9 Å². The average Bonchev–Trinajstić information content (AvgIpc) is 4.44. The fraction of sp³-hybridized carbons (Fsp3) is 0.941. The molecule has 11 heteroatoms. The van der Waals surface area contributed by atoms with Gasteiger partial charge in [0.05, 0.1) is 12.2 Å². The summed E-state index contributed by atoms with van der Waals surface area (Å²) >= 11 is 0. The van der Waals surface area contributed by atoms with Crippen LogP contribution in [0.4, 0.5) is 0 Å². The van der Waals surface area contributed by atoms with Gasteiger partial charge in [0.25, 0.3) is 0 Å². The van der Waals surface area contributed by atoms with Gasteiger partial charge in [-0.25, -0.2) is 0 Å². The van der Waals surface area contributed by atoms with E-state index >= 15 is 0 Å². The number of amides is 2. The average molecular weight is 1130 g/mol. The molecule has 0 unspecified atom stereocenters. The van der Waals surface area contributed by atoms with E-state index in [9.17, 15) is 9.59 Å². The standard InChI is InChI=1S/C34H60N2O3Si.C34H58N2O2Si/c1-9-24-28-20-21(2)16-18-34(28,5)27-17-19-33(4)25(13-14-26(33)30(27)31(24)39-40(6,7)8)22(3)10-15-29(37)35-36-32(38)23-11-12-23;1-9-24-28-20-21(2)16-18-34(28,5)27-17-19-33(4)25(13-14-26(33)30(27)31(24)38-39(6,7)8)22(3)10-15-29-35-36-32(37-29)23-11-12-23/h21-28,30-31H,9-20H2,1-8H3,(H,35,37)(H,36,38);21-28,30-31H,9-20H2,1-8H3/t2*21-,22-,24-,25-,26+,27+,28+,30+,31-,33-,34-/m11/s1. The van der Waals surface area contributed by atoms with Crippen molar-refractivity contribution < 1.29 is 22.9 Å². The third-order valence-corrected chi connectivity index (χ3v) is 28.1. The molecule has 2 amide bonds. The van der Waals surface area contributed by atoms with Crippen molar-refractivity contribution in [3.8, 4) is 0 Å². The summed E-state index contributed by atoms with van der Waals surface area (Å²) in [4.78, 5) is 24.5. The summed E-state index contributed by atoms with van der Waals surface area (Å²) in [5, 5.41) is 8.76. The van der Waals surface area contributed by atoms with Gasteiger partial charge in [0.1, 0.15) is 0 Å². The van der Waals surface area contributed by atoms with Crippen LogP contribution in [0.25, 0.3) is 0 Å². The van der Waals surface area contributed by atoms with Gasteiger partial charge in [-0.2, -0.15) is 0 Å². The van der Waals surface area contributed by atoms with Crippen LogP contribution in [-0.2, 0) is 24.9 Å². The molecule has 0 aromatic carbocycles. The van der Waals surface area contributed by atoms with E-state index in [1.54, 1.807) is 0 Å². The van der Waals surface area contributed by atoms with Crippen molar-refractivity contribution in [1.82, 2.24) is 21.0 Å². The van der Waals surface area contributed by atoms with Crippen molar-refractivity contribution in [3.05, 3.63) is 11.8 Å². The van der Waals surface area contributed by atoms with Crippen LogP contribution in [0, 0.1) is 122 Å². The van der Waals surface area contributed by atoms with Gasteiger partial charge in [0.2, 0.25) is 23.6 Å². The monoisotopic (exact) mass is 1130 g/mol. The second-order valence-electron chi connectivity index (χ2n) is 33.2. The van der Waals surface area contributed by atoms with E-state index in [0.29, 0.717) is 75.8 Å². The minimum atomic E-state index is -1.70. The van der Waals surface area contributed by atoms with Gasteiger partial charge in [-0.15, -0.1) is 10.2 Å². The molecule has 10 fully saturated rings. The van der Waals surface area contributed by atoms with E-state index in [-0.39, 0.29) is 17.7 Å². The second kappa shape index (κ2) is 23.0. The van der Waals surface area contributed by atoms with E-state index in [1.165, 1.54) is 122 Å². The molecule has 10 saturated carbocycles. The van der Waals surface area contributed by atoms with Gasteiger partial charge in [0.15, 0.2) is 16.6 Å². The van der Waals surface area contributed by atoms with E-state index < -0.39 is 16.6 Å². The molecule has 0 bridgehead atoms. The van der Waals surface area contributed by atoms with E-state index in [2.05, 4.69) is 130 Å². The lowest BCUT2D eigenvalue weighted by Crippen LogP contribution is -2.63. The van der Waals surface area contributed by atoms with Crippen LogP contribution in [0.5, 0.6) is 0 Å². The Morgan fingerprint density at radius 1 is 0.582 bits per heavy atom. The number of hydrazine groups is 1. The number of hydrogen-bond acceptors (Lipinski definition) is 7. The SMILES string of the molecule is CC[C@H]1[C@@H](O[Si](C)(C)C)[C@@H]2[C@H](CC[C@]3(C)[C@@H]([C@H](C)CCC(=O)NNC(=O)C4CC4)CC[C@@H]23)[C@@]2(C)CC[C@@H](C)C[C@@H]12.CC[C@H]1[C@@H](O[Si](C)(C)C)[C@@H]2[C@H](CC[C@]3(C)[C@@H]([C@H](C)CCc4nnc(C5CC5)o4)CC[C@@H]23)[C@@]2(C)CC[C@@H](C)C[C@@H]12. The first-order chi connectivity index (χ1) is 37.2. The van der Waals surface area contributed by atoms with Crippen LogP contribution >= 0.6 is 0 Å². The van der Waals surface area contributed by atoms with E-state index in [0.717, 1.165) is 103 Å². The highest BCUT2D eigenvalue weighted by atomic mass is 28.4. The summed E-state index contributed by atoms with van der Waals surface area (Å²) in [5.41, 5.74) is 7.06. The Kier molecular flexibility index (Phi) is 17.6. The number of nitrogens with one attached hydrogen (secondary N) is 2. The molecule has 79 heavy (non-hydrogen) atoms. The predicted octanol–water partition coefficient (Wildman–Crippen LogP) is 17.0. The number of nitrogens with zero attached hydrogens (tertiary/aromatic N) is 2. The van der Waals surface area contributed by atoms with Crippen molar-refractivity contribution >= 4 is 28.4 Å². The highest BCUT2D eigenvalue weighted by Gasteiger charge is 2.67. The molecule has 11 rings (SSSR count). The zero-order chi connectivity index (χ0) is 56.8. The van der Waals surface area contributed by atoms with Crippen molar-refractivity contribution in [3.63, 3.8) is 0 Å². The Balaban J connectivity index is 0.000000178. The summed E-state index contributed by atoms with van der Waals surface area (Å²) in [6.45, 7) is 40.2. The maximum absolute atomic E-state index is 12.6. The molecule has 2 N–H and O–H groups in total. The molecule has 448 valence electrons. The Morgan fingerprint density at radius 2 is 1.04 bits per heavy atom. The number of aryl methyl sites for hydroxylation is 1. The van der Waals surface area contributed by atoms with Crippen molar-refractivity contribution in [2.45, 2.75) is 281 Å². The highest BCUT2D eigenvalue weighted by Crippen LogP contribution is 2.72. The molecule has 1 aromatic rings. The number of fused-ring (bicyclic) bond motifs is 10.